The maximum absolute atomic E-state index is 12.2. The van der Waals surface area contributed by atoms with E-state index in [0.717, 1.165) is 46.2 Å². The van der Waals surface area contributed by atoms with Gasteiger partial charge in [-0.3, -0.25) is 9.48 Å². The fraction of sp³-hybridized carbons (Fsp3) is 0.217. The molecule has 1 fully saturated rings. The number of hydrogen-bond donors (Lipinski definition) is 2. The van der Waals surface area contributed by atoms with Gasteiger partial charge in [0.15, 0.2) is 0 Å². The number of hydrogen-bond acceptors (Lipinski definition) is 5. The van der Waals surface area contributed by atoms with Crippen LogP contribution in [0.15, 0.2) is 47.4 Å². The smallest absolute Gasteiger partial charge is 0.272 e. The first-order valence-electron chi connectivity index (χ1n) is 9.89. The maximum atomic E-state index is 12.2. The van der Waals surface area contributed by atoms with Crippen molar-refractivity contribution < 1.29 is 0 Å². The van der Waals surface area contributed by atoms with Gasteiger partial charge in [-0.25, -0.2) is 5.10 Å². The van der Waals surface area contributed by atoms with Crippen LogP contribution in [0, 0.1) is 11.3 Å². The summed E-state index contributed by atoms with van der Waals surface area (Å²) in [7, 11) is 1.88. The van der Waals surface area contributed by atoms with Crippen LogP contribution in [0.25, 0.3) is 33.2 Å². The molecule has 7 nitrogen and oxygen atoms in total. The predicted molar refractivity (Wildman–Crippen MR) is 115 cm³/mol. The van der Waals surface area contributed by atoms with Crippen LogP contribution >= 0.6 is 0 Å². The van der Waals surface area contributed by atoms with Crippen molar-refractivity contribution in [3.63, 3.8) is 0 Å². The molecule has 0 atom stereocenters. The van der Waals surface area contributed by atoms with Crippen LogP contribution in [0.5, 0.6) is 0 Å². The number of H-pyrrole nitrogens is 1. The Kier molecular flexibility index (Phi) is 4.23. The molecule has 7 heteroatoms. The highest BCUT2D eigenvalue weighted by Gasteiger charge is 2.28. The summed E-state index contributed by atoms with van der Waals surface area (Å²) in [5, 5.41) is 22.3. The van der Waals surface area contributed by atoms with E-state index in [4.69, 9.17) is 5.73 Å². The molecule has 2 aromatic carbocycles. The fourth-order valence-corrected chi connectivity index (χ4v) is 4.14. The second-order valence-electron chi connectivity index (χ2n) is 7.65. The van der Waals surface area contributed by atoms with Gasteiger partial charge in [-0.1, -0.05) is 24.3 Å². The Bertz CT molecular complexity index is 1390. The number of nitrogens with one attached hydrogen (secondary N) is 1. The largest absolute Gasteiger partial charge is 0.325 e. The lowest BCUT2D eigenvalue weighted by molar-refractivity contribution is 0.775. The van der Waals surface area contributed by atoms with E-state index in [1.165, 1.54) is 0 Å². The Morgan fingerprint density at radius 1 is 1.23 bits per heavy atom. The van der Waals surface area contributed by atoms with Crippen LogP contribution in [-0.2, 0) is 13.6 Å². The van der Waals surface area contributed by atoms with E-state index in [9.17, 15) is 10.1 Å². The highest BCUT2D eigenvalue weighted by molar-refractivity contribution is 5.92. The summed E-state index contributed by atoms with van der Waals surface area (Å²) in [6.07, 6.45) is 4.05. The number of rotatable bonds is 4. The minimum atomic E-state index is -0.246. The summed E-state index contributed by atoms with van der Waals surface area (Å²) in [4.78, 5) is 12.2. The summed E-state index contributed by atoms with van der Waals surface area (Å²) in [6.45, 7) is 0.221. The molecular weight excluding hydrogens is 376 g/mol. The number of nitriles is 1. The second-order valence-corrected chi connectivity index (χ2v) is 7.65. The maximum Gasteiger partial charge on any atom is 0.272 e. The fourth-order valence-electron chi connectivity index (χ4n) is 4.14. The molecule has 0 spiro atoms. The summed E-state index contributed by atoms with van der Waals surface area (Å²) < 4.78 is 1.80. The van der Waals surface area contributed by atoms with Gasteiger partial charge in [0.1, 0.15) is 6.07 Å². The van der Waals surface area contributed by atoms with Crippen molar-refractivity contribution >= 4 is 10.8 Å². The molecule has 1 aliphatic rings. The molecule has 0 unspecified atom stereocenters. The van der Waals surface area contributed by atoms with E-state index in [1.54, 1.807) is 16.9 Å². The molecule has 4 aromatic rings. The SMILES string of the molecule is Cn1ncc(-c2ccc3c(=O)[nH]nc(CN)c3c2)c1-c1cccc(C2CC2)c1C#N. The number of nitrogens with zero attached hydrogens (tertiary/aromatic N) is 4. The molecule has 0 amide bonds. The highest BCUT2D eigenvalue weighted by Crippen LogP contribution is 2.44. The first-order chi connectivity index (χ1) is 14.6. The van der Waals surface area contributed by atoms with Crippen LogP contribution in [0.1, 0.15) is 35.6 Å². The van der Waals surface area contributed by atoms with Gasteiger partial charge >= 0.3 is 0 Å². The molecule has 0 aliphatic heterocycles. The second kappa shape index (κ2) is 6.94. The molecule has 1 aliphatic carbocycles. The van der Waals surface area contributed by atoms with E-state index in [2.05, 4.69) is 27.4 Å². The highest BCUT2D eigenvalue weighted by atomic mass is 16.1. The normalized spacial score (nSPS) is 13.5. The van der Waals surface area contributed by atoms with Crippen molar-refractivity contribution in [3.8, 4) is 28.5 Å². The van der Waals surface area contributed by atoms with Gasteiger partial charge in [-0.15, -0.1) is 0 Å². The number of nitrogens with two attached hydrogens (primary N) is 1. The molecule has 2 aromatic heterocycles. The Labute approximate surface area is 172 Å². The Balaban J connectivity index is 1.74. The number of fused-ring (bicyclic) bond motifs is 1. The zero-order valence-corrected chi connectivity index (χ0v) is 16.5. The van der Waals surface area contributed by atoms with Crippen LogP contribution in [0.4, 0.5) is 0 Å². The Hall–Kier alpha value is -3.76. The Morgan fingerprint density at radius 3 is 2.80 bits per heavy atom. The zero-order valence-electron chi connectivity index (χ0n) is 16.5. The van der Waals surface area contributed by atoms with E-state index in [1.807, 2.05) is 31.3 Å². The molecule has 1 saturated carbocycles. The molecule has 0 saturated heterocycles. The molecular formula is C23H20N6O. The third-order valence-electron chi connectivity index (χ3n) is 5.79. The van der Waals surface area contributed by atoms with Crippen molar-refractivity contribution in [2.45, 2.75) is 25.3 Å². The van der Waals surface area contributed by atoms with Crippen molar-refractivity contribution in [3.05, 3.63) is 69.8 Å². The van der Waals surface area contributed by atoms with Gasteiger partial charge in [0.2, 0.25) is 0 Å². The summed E-state index contributed by atoms with van der Waals surface area (Å²) in [5.41, 5.74) is 11.6. The van der Waals surface area contributed by atoms with Gasteiger partial charge in [0.25, 0.3) is 5.56 Å². The molecule has 0 radical (unpaired) electrons. The number of aromatic amines is 1. The van der Waals surface area contributed by atoms with Crippen LogP contribution in [-0.4, -0.2) is 20.0 Å². The van der Waals surface area contributed by atoms with Crippen molar-refractivity contribution in [2.75, 3.05) is 0 Å². The lowest BCUT2D eigenvalue weighted by Crippen LogP contribution is -2.13. The van der Waals surface area contributed by atoms with Gasteiger partial charge in [-0.05, 0) is 42.0 Å². The summed E-state index contributed by atoms with van der Waals surface area (Å²) in [6, 6.07) is 14.1. The van der Waals surface area contributed by atoms with Gasteiger partial charge in [0.05, 0.1) is 28.5 Å². The average Bonchev–Trinajstić information content (AvgIpc) is 3.55. The number of aryl methyl sites for hydroxylation is 1. The summed E-state index contributed by atoms with van der Waals surface area (Å²) in [5.74, 6) is 0.474. The third kappa shape index (κ3) is 2.81. The van der Waals surface area contributed by atoms with Crippen LogP contribution in [0.2, 0.25) is 0 Å². The lowest BCUT2D eigenvalue weighted by Gasteiger charge is -2.12. The van der Waals surface area contributed by atoms with E-state index in [-0.39, 0.29) is 12.1 Å². The van der Waals surface area contributed by atoms with E-state index in [0.29, 0.717) is 22.6 Å². The van der Waals surface area contributed by atoms with E-state index < -0.39 is 0 Å². The minimum Gasteiger partial charge on any atom is -0.325 e. The minimum absolute atomic E-state index is 0.221. The van der Waals surface area contributed by atoms with Crippen LogP contribution in [0.3, 0.4) is 0 Å². The molecule has 5 rings (SSSR count). The molecule has 30 heavy (non-hydrogen) atoms. The van der Waals surface area contributed by atoms with Gasteiger partial charge < -0.3 is 5.73 Å². The predicted octanol–water partition coefficient (Wildman–Crippen LogP) is 3.20. The number of benzene rings is 2. The average molecular weight is 396 g/mol. The topological polar surface area (TPSA) is 113 Å². The zero-order chi connectivity index (χ0) is 20.8. The van der Waals surface area contributed by atoms with Crippen molar-refractivity contribution in [1.82, 2.24) is 20.0 Å². The summed E-state index contributed by atoms with van der Waals surface area (Å²) >= 11 is 0. The molecule has 0 bridgehead atoms. The quantitative estimate of drug-likeness (QED) is 0.550. The van der Waals surface area contributed by atoms with Gasteiger partial charge in [-0.2, -0.15) is 15.5 Å². The van der Waals surface area contributed by atoms with E-state index >= 15 is 0 Å². The Morgan fingerprint density at radius 2 is 2.07 bits per heavy atom. The number of aromatic nitrogens is 4. The third-order valence-corrected chi connectivity index (χ3v) is 5.79. The lowest BCUT2D eigenvalue weighted by atomic mass is 9.93. The van der Waals surface area contributed by atoms with Gasteiger partial charge in [0, 0.05) is 30.1 Å². The van der Waals surface area contributed by atoms with Crippen molar-refractivity contribution in [2.24, 2.45) is 12.8 Å². The monoisotopic (exact) mass is 396 g/mol. The van der Waals surface area contributed by atoms with Crippen LogP contribution < -0.4 is 11.3 Å². The molecule has 148 valence electrons. The first kappa shape index (κ1) is 18.3. The van der Waals surface area contributed by atoms with Crippen molar-refractivity contribution in [1.29, 1.82) is 5.26 Å². The molecule has 2 heterocycles. The standard InChI is InChI=1S/C23H20N6O/c1-29-22(16-4-2-3-15(13-5-6-13)19(16)10-24)20(12-26-29)14-7-8-17-18(9-14)21(11-25)27-28-23(17)30/h2-4,7-9,12-13H,5-6,11,25H2,1H3,(H,28,30). The first-order valence-corrected chi connectivity index (χ1v) is 9.89. The molecule has 3 N–H and O–H groups in total.